The third-order valence-electron chi connectivity index (χ3n) is 3.77. The van der Waals surface area contributed by atoms with E-state index in [1.165, 1.54) is 0 Å². The average molecular weight is 255 g/mol. The molecule has 1 N–H and O–H groups in total. The summed E-state index contributed by atoms with van der Waals surface area (Å²) >= 11 is 0. The Kier molecular flexibility index (Phi) is 5.41. The second-order valence-electron chi connectivity index (χ2n) is 5.37. The number of nitrogens with zero attached hydrogens (tertiary/aromatic N) is 2. The van der Waals surface area contributed by atoms with E-state index in [4.69, 9.17) is 4.74 Å². The number of amides is 1. The number of carbonyl (C=O) groups excluding carboxylic acids is 1. The van der Waals surface area contributed by atoms with E-state index >= 15 is 0 Å². The summed E-state index contributed by atoms with van der Waals surface area (Å²) in [6, 6.07) is 0. The molecule has 104 valence electrons. The monoisotopic (exact) mass is 255 g/mol. The molecule has 2 fully saturated rings. The van der Waals surface area contributed by atoms with Crippen molar-refractivity contribution in [2.45, 2.75) is 12.8 Å². The van der Waals surface area contributed by atoms with Crippen LogP contribution in [0.4, 0.5) is 0 Å². The fourth-order valence-corrected chi connectivity index (χ4v) is 2.62. The molecule has 0 spiro atoms. The predicted molar refractivity (Wildman–Crippen MR) is 70.5 cm³/mol. The summed E-state index contributed by atoms with van der Waals surface area (Å²) in [5, 5.41) is 3.26. The summed E-state index contributed by atoms with van der Waals surface area (Å²) in [6.45, 7) is 7.28. The molecule has 1 amide bonds. The van der Waals surface area contributed by atoms with Gasteiger partial charge in [0, 0.05) is 52.3 Å². The Balaban J connectivity index is 1.61. The van der Waals surface area contributed by atoms with Gasteiger partial charge in [0.15, 0.2) is 0 Å². The molecule has 18 heavy (non-hydrogen) atoms. The Morgan fingerprint density at radius 2 is 2.22 bits per heavy atom. The summed E-state index contributed by atoms with van der Waals surface area (Å²) in [4.78, 5) is 16.2. The van der Waals surface area contributed by atoms with Crippen LogP contribution in [0.1, 0.15) is 12.8 Å². The van der Waals surface area contributed by atoms with Gasteiger partial charge in [-0.1, -0.05) is 0 Å². The SMILES string of the molecule is CN(CCC(=O)N1CCNCC1)CC1CCOC1. The smallest absolute Gasteiger partial charge is 0.223 e. The van der Waals surface area contributed by atoms with Crippen molar-refractivity contribution in [2.24, 2.45) is 5.92 Å². The highest BCUT2D eigenvalue weighted by atomic mass is 16.5. The Bertz CT molecular complexity index is 261. The Morgan fingerprint density at radius 1 is 1.44 bits per heavy atom. The third kappa shape index (κ3) is 4.23. The minimum Gasteiger partial charge on any atom is -0.381 e. The van der Waals surface area contributed by atoms with Gasteiger partial charge in [0.05, 0.1) is 6.61 Å². The molecule has 5 nitrogen and oxygen atoms in total. The van der Waals surface area contributed by atoms with Crippen LogP contribution in [0.3, 0.4) is 0 Å². The van der Waals surface area contributed by atoms with Gasteiger partial charge in [0.2, 0.25) is 5.91 Å². The fraction of sp³-hybridized carbons (Fsp3) is 0.923. The van der Waals surface area contributed by atoms with Crippen LogP contribution in [0.2, 0.25) is 0 Å². The zero-order chi connectivity index (χ0) is 12.8. The first-order valence-corrected chi connectivity index (χ1v) is 7.00. The van der Waals surface area contributed by atoms with Crippen molar-refractivity contribution in [1.82, 2.24) is 15.1 Å². The highest BCUT2D eigenvalue weighted by Crippen LogP contribution is 2.13. The molecular weight excluding hydrogens is 230 g/mol. The van der Waals surface area contributed by atoms with Crippen molar-refractivity contribution in [3.8, 4) is 0 Å². The average Bonchev–Trinajstić information content (AvgIpc) is 2.90. The van der Waals surface area contributed by atoms with Crippen LogP contribution >= 0.6 is 0 Å². The molecule has 1 unspecified atom stereocenters. The Hall–Kier alpha value is -0.650. The van der Waals surface area contributed by atoms with Gasteiger partial charge in [-0.05, 0) is 19.4 Å². The fourth-order valence-electron chi connectivity index (χ4n) is 2.62. The topological polar surface area (TPSA) is 44.8 Å². The van der Waals surface area contributed by atoms with E-state index < -0.39 is 0 Å². The first-order chi connectivity index (χ1) is 8.75. The molecule has 2 heterocycles. The maximum atomic E-state index is 12.0. The zero-order valence-corrected chi connectivity index (χ0v) is 11.4. The molecule has 5 heteroatoms. The maximum absolute atomic E-state index is 12.0. The first kappa shape index (κ1) is 13.8. The van der Waals surface area contributed by atoms with Gasteiger partial charge < -0.3 is 19.9 Å². The summed E-state index contributed by atoms with van der Waals surface area (Å²) in [5.74, 6) is 0.954. The first-order valence-electron chi connectivity index (χ1n) is 7.00. The van der Waals surface area contributed by atoms with Crippen molar-refractivity contribution in [3.63, 3.8) is 0 Å². The predicted octanol–water partition coefficient (Wildman–Crippen LogP) is -0.223. The number of hydrogen-bond donors (Lipinski definition) is 1. The van der Waals surface area contributed by atoms with E-state index in [1.807, 2.05) is 4.90 Å². The molecule has 2 aliphatic rings. The molecule has 2 aliphatic heterocycles. The Morgan fingerprint density at radius 3 is 2.89 bits per heavy atom. The van der Waals surface area contributed by atoms with Crippen LogP contribution in [0, 0.1) is 5.92 Å². The number of nitrogens with one attached hydrogen (secondary N) is 1. The molecule has 0 aliphatic carbocycles. The normalized spacial score (nSPS) is 24.8. The van der Waals surface area contributed by atoms with E-state index in [9.17, 15) is 4.79 Å². The van der Waals surface area contributed by atoms with Crippen LogP contribution in [-0.2, 0) is 9.53 Å². The van der Waals surface area contributed by atoms with Gasteiger partial charge in [-0.15, -0.1) is 0 Å². The number of carbonyl (C=O) groups is 1. The number of hydrogen-bond acceptors (Lipinski definition) is 4. The number of rotatable bonds is 5. The molecule has 0 aromatic rings. The third-order valence-corrected chi connectivity index (χ3v) is 3.77. The summed E-state index contributed by atoms with van der Waals surface area (Å²) in [7, 11) is 2.10. The van der Waals surface area contributed by atoms with Gasteiger partial charge in [-0.3, -0.25) is 4.79 Å². The molecule has 0 saturated carbocycles. The molecule has 0 radical (unpaired) electrons. The molecule has 2 rings (SSSR count). The summed E-state index contributed by atoms with van der Waals surface area (Å²) in [5.41, 5.74) is 0. The van der Waals surface area contributed by atoms with E-state index in [2.05, 4.69) is 17.3 Å². The number of ether oxygens (including phenoxy) is 1. The standard InChI is InChI=1S/C13H25N3O2/c1-15(10-12-3-9-18-11-12)6-2-13(17)16-7-4-14-5-8-16/h12,14H,2-11H2,1H3. The molecule has 0 aromatic carbocycles. The van der Waals surface area contributed by atoms with Crippen LogP contribution < -0.4 is 5.32 Å². The second-order valence-corrected chi connectivity index (χ2v) is 5.37. The van der Waals surface area contributed by atoms with Crippen molar-refractivity contribution in [3.05, 3.63) is 0 Å². The minimum absolute atomic E-state index is 0.297. The Labute approximate surface area is 109 Å². The lowest BCUT2D eigenvalue weighted by Gasteiger charge is -2.28. The minimum atomic E-state index is 0.297. The van der Waals surface area contributed by atoms with Gasteiger partial charge in [-0.2, -0.15) is 0 Å². The lowest BCUT2D eigenvalue weighted by Crippen LogP contribution is -2.47. The van der Waals surface area contributed by atoms with E-state index in [0.717, 1.165) is 58.9 Å². The van der Waals surface area contributed by atoms with Gasteiger partial charge in [0.25, 0.3) is 0 Å². The number of piperazine rings is 1. The van der Waals surface area contributed by atoms with Gasteiger partial charge in [-0.25, -0.2) is 0 Å². The zero-order valence-electron chi connectivity index (χ0n) is 11.4. The summed E-state index contributed by atoms with van der Waals surface area (Å²) in [6.07, 6.45) is 1.81. The van der Waals surface area contributed by atoms with Crippen LogP contribution in [0.25, 0.3) is 0 Å². The molecule has 0 bridgehead atoms. The summed E-state index contributed by atoms with van der Waals surface area (Å²) < 4.78 is 5.37. The van der Waals surface area contributed by atoms with Crippen LogP contribution in [-0.4, -0.2) is 75.2 Å². The molecule has 2 saturated heterocycles. The molecule has 1 atom stereocenters. The van der Waals surface area contributed by atoms with E-state index in [-0.39, 0.29) is 0 Å². The molecular formula is C13H25N3O2. The lowest BCUT2D eigenvalue weighted by molar-refractivity contribution is -0.132. The largest absolute Gasteiger partial charge is 0.381 e. The second kappa shape index (κ2) is 7.07. The maximum Gasteiger partial charge on any atom is 0.223 e. The lowest BCUT2D eigenvalue weighted by atomic mass is 10.1. The highest BCUT2D eigenvalue weighted by Gasteiger charge is 2.19. The quantitative estimate of drug-likeness (QED) is 0.737. The van der Waals surface area contributed by atoms with E-state index in [1.54, 1.807) is 0 Å². The van der Waals surface area contributed by atoms with E-state index in [0.29, 0.717) is 18.2 Å². The molecule has 0 aromatic heterocycles. The van der Waals surface area contributed by atoms with Gasteiger partial charge in [0.1, 0.15) is 0 Å². The van der Waals surface area contributed by atoms with Crippen molar-refractivity contribution in [1.29, 1.82) is 0 Å². The van der Waals surface area contributed by atoms with Crippen LogP contribution in [0.5, 0.6) is 0 Å². The van der Waals surface area contributed by atoms with Crippen molar-refractivity contribution in [2.75, 3.05) is 59.5 Å². The van der Waals surface area contributed by atoms with Crippen molar-refractivity contribution < 1.29 is 9.53 Å². The van der Waals surface area contributed by atoms with Crippen molar-refractivity contribution >= 4 is 5.91 Å². The highest BCUT2D eigenvalue weighted by molar-refractivity contribution is 5.76. The van der Waals surface area contributed by atoms with Crippen LogP contribution in [0.15, 0.2) is 0 Å². The van der Waals surface area contributed by atoms with Gasteiger partial charge >= 0.3 is 0 Å².